The monoisotopic (exact) mass is 276 g/mol. The van der Waals surface area contributed by atoms with Crippen LogP contribution < -0.4 is 10.6 Å². The quantitative estimate of drug-likeness (QED) is 0.674. The van der Waals surface area contributed by atoms with Gasteiger partial charge in [0, 0.05) is 24.3 Å². The van der Waals surface area contributed by atoms with E-state index in [2.05, 4.69) is 0 Å². The van der Waals surface area contributed by atoms with Gasteiger partial charge in [-0.2, -0.15) is 0 Å². The first-order valence-corrected chi connectivity index (χ1v) is 6.62. The lowest BCUT2D eigenvalue weighted by Gasteiger charge is -2.34. The summed E-state index contributed by atoms with van der Waals surface area (Å²) in [6.45, 7) is 3.85. The smallest absolute Gasteiger partial charge is 0.313 e. The van der Waals surface area contributed by atoms with Crippen LogP contribution in [0.4, 0.5) is 11.4 Å². The molecule has 0 atom stereocenters. The van der Waals surface area contributed by atoms with E-state index < -0.39 is 5.41 Å². The number of hydrogen-bond donors (Lipinski definition) is 1. The molecule has 1 aliphatic heterocycles. The molecule has 2 rings (SSSR count). The van der Waals surface area contributed by atoms with Crippen LogP contribution in [0.5, 0.6) is 0 Å². The molecule has 108 valence electrons. The number of amides is 1. The van der Waals surface area contributed by atoms with Crippen molar-refractivity contribution in [3.63, 3.8) is 0 Å². The molecule has 5 nitrogen and oxygen atoms in total. The van der Waals surface area contributed by atoms with Gasteiger partial charge < -0.3 is 15.4 Å². The average molecular weight is 276 g/mol. The summed E-state index contributed by atoms with van der Waals surface area (Å²) in [4.78, 5) is 25.6. The van der Waals surface area contributed by atoms with Crippen molar-refractivity contribution in [2.45, 2.75) is 26.7 Å². The number of anilines is 2. The molecule has 2 N–H and O–H groups in total. The summed E-state index contributed by atoms with van der Waals surface area (Å²) < 4.78 is 4.80. The van der Waals surface area contributed by atoms with Crippen molar-refractivity contribution < 1.29 is 14.3 Å². The van der Waals surface area contributed by atoms with Crippen molar-refractivity contribution in [1.29, 1.82) is 0 Å². The van der Waals surface area contributed by atoms with Crippen molar-refractivity contribution in [2.75, 3.05) is 24.3 Å². The Kier molecular flexibility index (Phi) is 3.70. The van der Waals surface area contributed by atoms with E-state index in [1.54, 1.807) is 24.8 Å². The number of nitrogens with two attached hydrogens (primary N) is 1. The van der Waals surface area contributed by atoms with Crippen LogP contribution in [-0.4, -0.2) is 25.5 Å². The third-order valence-corrected chi connectivity index (χ3v) is 3.59. The van der Waals surface area contributed by atoms with E-state index in [1.807, 2.05) is 12.1 Å². The Morgan fingerprint density at radius 3 is 2.75 bits per heavy atom. The third-order valence-electron chi connectivity index (χ3n) is 3.59. The highest BCUT2D eigenvalue weighted by atomic mass is 16.5. The SMILES string of the molecule is COC(=O)C(C)(C)CN1C(=O)CCc2cc(N)ccc21. The zero-order chi connectivity index (χ0) is 14.9. The zero-order valence-electron chi connectivity index (χ0n) is 12.1. The van der Waals surface area contributed by atoms with Crippen LogP contribution in [0.15, 0.2) is 18.2 Å². The van der Waals surface area contributed by atoms with Gasteiger partial charge >= 0.3 is 5.97 Å². The second-order valence-corrected chi connectivity index (χ2v) is 5.74. The number of ether oxygens (including phenoxy) is 1. The Hall–Kier alpha value is -2.04. The molecular formula is C15H20N2O3. The van der Waals surface area contributed by atoms with E-state index in [0.29, 0.717) is 25.1 Å². The van der Waals surface area contributed by atoms with E-state index in [0.717, 1.165) is 11.3 Å². The van der Waals surface area contributed by atoms with Crippen molar-refractivity contribution in [2.24, 2.45) is 5.41 Å². The van der Waals surface area contributed by atoms with Crippen LogP contribution in [0.1, 0.15) is 25.8 Å². The maximum atomic E-state index is 12.2. The number of benzene rings is 1. The van der Waals surface area contributed by atoms with Crippen LogP contribution in [0.2, 0.25) is 0 Å². The molecule has 0 fully saturated rings. The number of hydrogen-bond acceptors (Lipinski definition) is 4. The largest absolute Gasteiger partial charge is 0.469 e. The maximum Gasteiger partial charge on any atom is 0.313 e. The fourth-order valence-corrected chi connectivity index (χ4v) is 2.49. The molecule has 0 bridgehead atoms. The van der Waals surface area contributed by atoms with Gasteiger partial charge in [-0.3, -0.25) is 9.59 Å². The van der Waals surface area contributed by atoms with Gasteiger partial charge in [-0.15, -0.1) is 0 Å². The summed E-state index contributed by atoms with van der Waals surface area (Å²) in [5.74, 6) is -0.299. The Bertz CT molecular complexity index is 552. The van der Waals surface area contributed by atoms with Gasteiger partial charge in [-0.1, -0.05) is 0 Å². The number of esters is 1. The van der Waals surface area contributed by atoms with Gasteiger partial charge in [-0.05, 0) is 44.0 Å². The van der Waals surface area contributed by atoms with Crippen molar-refractivity contribution in [3.05, 3.63) is 23.8 Å². The first kappa shape index (κ1) is 14.4. The topological polar surface area (TPSA) is 72.6 Å². The van der Waals surface area contributed by atoms with Gasteiger partial charge in [0.25, 0.3) is 0 Å². The highest BCUT2D eigenvalue weighted by Gasteiger charge is 2.35. The lowest BCUT2D eigenvalue weighted by Crippen LogP contribution is -2.45. The van der Waals surface area contributed by atoms with Gasteiger partial charge in [-0.25, -0.2) is 0 Å². The van der Waals surface area contributed by atoms with Gasteiger partial charge in [0.2, 0.25) is 5.91 Å². The minimum Gasteiger partial charge on any atom is -0.469 e. The Labute approximate surface area is 118 Å². The predicted octanol–water partition coefficient (Wildman–Crippen LogP) is 1.75. The number of rotatable bonds is 3. The first-order valence-electron chi connectivity index (χ1n) is 6.62. The molecular weight excluding hydrogens is 256 g/mol. The molecule has 0 aromatic heterocycles. The summed E-state index contributed by atoms with van der Waals surface area (Å²) in [6.07, 6.45) is 1.13. The van der Waals surface area contributed by atoms with E-state index in [4.69, 9.17) is 10.5 Å². The Morgan fingerprint density at radius 1 is 1.40 bits per heavy atom. The molecule has 1 aliphatic rings. The molecule has 1 heterocycles. The summed E-state index contributed by atoms with van der Waals surface area (Å²) in [6, 6.07) is 5.50. The van der Waals surface area contributed by atoms with Gasteiger partial charge in [0.15, 0.2) is 0 Å². The lowest BCUT2D eigenvalue weighted by atomic mass is 9.90. The van der Waals surface area contributed by atoms with E-state index in [9.17, 15) is 9.59 Å². The molecule has 1 aromatic carbocycles. The van der Waals surface area contributed by atoms with Crippen LogP contribution >= 0.6 is 0 Å². The molecule has 0 saturated carbocycles. The zero-order valence-corrected chi connectivity index (χ0v) is 12.1. The second kappa shape index (κ2) is 5.15. The molecule has 0 radical (unpaired) electrons. The second-order valence-electron chi connectivity index (χ2n) is 5.74. The molecule has 1 amide bonds. The fourth-order valence-electron chi connectivity index (χ4n) is 2.49. The van der Waals surface area contributed by atoms with E-state index in [-0.39, 0.29) is 11.9 Å². The number of nitrogens with zero attached hydrogens (tertiary/aromatic N) is 1. The summed E-state index contributed by atoms with van der Waals surface area (Å²) in [7, 11) is 1.36. The third kappa shape index (κ3) is 2.61. The average Bonchev–Trinajstić information content (AvgIpc) is 2.41. The molecule has 0 unspecified atom stereocenters. The van der Waals surface area contributed by atoms with Gasteiger partial charge in [0.05, 0.1) is 12.5 Å². The molecule has 0 saturated heterocycles. The first-order chi connectivity index (χ1) is 9.35. The van der Waals surface area contributed by atoms with Crippen molar-refractivity contribution in [3.8, 4) is 0 Å². The number of fused-ring (bicyclic) bond motifs is 1. The van der Waals surface area contributed by atoms with Crippen LogP contribution in [-0.2, 0) is 20.7 Å². The van der Waals surface area contributed by atoms with Crippen molar-refractivity contribution >= 4 is 23.3 Å². The number of methoxy groups -OCH3 is 1. The van der Waals surface area contributed by atoms with Crippen molar-refractivity contribution in [1.82, 2.24) is 0 Å². The predicted molar refractivity (Wildman–Crippen MR) is 77.3 cm³/mol. The van der Waals surface area contributed by atoms with Gasteiger partial charge in [0.1, 0.15) is 0 Å². The van der Waals surface area contributed by atoms with E-state index >= 15 is 0 Å². The molecule has 20 heavy (non-hydrogen) atoms. The molecule has 0 aliphatic carbocycles. The van der Waals surface area contributed by atoms with Crippen LogP contribution in [0.3, 0.4) is 0 Å². The minimum atomic E-state index is -0.750. The summed E-state index contributed by atoms with van der Waals surface area (Å²) in [5, 5.41) is 0. The number of nitrogen functional groups attached to an aromatic ring is 1. The van der Waals surface area contributed by atoms with Crippen LogP contribution in [0, 0.1) is 5.41 Å². The lowest BCUT2D eigenvalue weighted by molar-refractivity contribution is -0.150. The maximum absolute atomic E-state index is 12.2. The highest BCUT2D eigenvalue weighted by molar-refractivity contribution is 5.97. The summed E-state index contributed by atoms with van der Waals surface area (Å²) >= 11 is 0. The molecule has 0 spiro atoms. The molecule has 5 heteroatoms. The number of carbonyl (C=O) groups excluding carboxylic acids is 2. The Balaban J connectivity index is 2.33. The molecule has 1 aromatic rings. The minimum absolute atomic E-state index is 0.0271. The van der Waals surface area contributed by atoms with Crippen LogP contribution in [0.25, 0.3) is 0 Å². The highest BCUT2D eigenvalue weighted by Crippen LogP contribution is 2.32. The number of carbonyl (C=O) groups is 2. The Morgan fingerprint density at radius 2 is 2.10 bits per heavy atom. The standard InChI is InChI=1S/C15H20N2O3/c1-15(2,14(19)20-3)9-17-12-6-5-11(16)8-10(12)4-7-13(17)18/h5-6,8H,4,7,9,16H2,1-3H3. The van der Waals surface area contributed by atoms with E-state index in [1.165, 1.54) is 7.11 Å². The normalized spacial score (nSPS) is 14.9. The fraction of sp³-hybridized carbons (Fsp3) is 0.467. The summed E-state index contributed by atoms with van der Waals surface area (Å²) in [5.41, 5.74) is 7.60. The number of aryl methyl sites for hydroxylation is 1.